The van der Waals surface area contributed by atoms with E-state index in [1.54, 1.807) is 12.1 Å². The van der Waals surface area contributed by atoms with E-state index < -0.39 is 4.92 Å². The summed E-state index contributed by atoms with van der Waals surface area (Å²) < 4.78 is 5.46. The van der Waals surface area contributed by atoms with E-state index >= 15 is 0 Å². The van der Waals surface area contributed by atoms with Crippen molar-refractivity contribution in [3.05, 3.63) is 64.0 Å². The van der Waals surface area contributed by atoms with Gasteiger partial charge in [0.2, 0.25) is 0 Å². The van der Waals surface area contributed by atoms with Crippen molar-refractivity contribution in [1.82, 2.24) is 4.98 Å². The molecule has 1 aromatic heterocycles. The second-order valence-electron chi connectivity index (χ2n) is 3.66. The van der Waals surface area contributed by atoms with Crippen molar-refractivity contribution in [1.29, 1.82) is 5.26 Å². The molecule has 0 saturated heterocycles. The summed E-state index contributed by atoms with van der Waals surface area (Å²) in [5.74, 6) is 0.498. The Morgan fingerprint density at radius 2 is 2.05 bits per heavy atom. The second-order valence-corrected chi connectivity index (χ2v) is 3.66. The zero-order valence-corrected chi connectivity index (χ0v) is 9.81. The van der Waals surface area contributed by atoms with Crippen LogP contribution < -0.4 is 4.74 Å². The van der Waals surface area contributed by atoms with Crippen molar-refractivity contribution in [2.45, 2.75) is 6.61 Å². The average molecular weight is 255 g/mol. The number of nitrogens with zero attached hydrogens (tertiary/aromatic N) is 3. The smallest absolute Gasteiger partial charge is 0.269 e. The van der Waals surface area contributed by atoms with E-state index in [0.29, 0.717) is 17.0 Å². The van der Waals surface area contributed by atoms with Gasteiger partial charge in [-0.2, -0.15) is 5.26 Å². The van der Waals surface area contributed by atoms with Crippen LogP contribution in [0.15, 0.2) is 42.6 Å². The third kappa shape index (κ3) is 3.04. The van der Waals surface area contributed by atoms with Crippen molar-refractivity contribution in [3.63, 3.8) is 0 Å². The molecule has 0 aliphatic carbocycles. The first-order valence-corrected chi connectivity index (χ1v) is 5.42. The first kappa shape index (κ1) is 12.5. The minimum Gasteiger partial charge on any atom is -0.489 e. The van der Waals surface area contributed by atoms with Crippen LogP contribution in [0.2, 0.25) is 0 Å². The van der Waals surface area contributed by atoms with Gasteiger partial charge in [0, 0.05) is 23.9 Å². The van der Waals surface area contributed by atoms with Crippen LogP contribution in [0.4, 0.5) is 5.69 Å². The average Bonchev–Trinajstić information content (AvgIpc) is 2.45. The summed E-state index contributed by atoms with van der Waals surface area (Å²) in [5.41, 5.74) is 0.985. The maximum Gasteiger partial charge on any atom is 0.269 e. The summed E-state index contributed by atoms with van der Waals surface area (Å²) in [6, 6.07) is 11.2. The fourth-order valence-electron chi connectivity index (χ4n) is 1.48. The lowest BCUT2D eigenvalue weighted by Crippen LogP contribution is -1.99. The van der Waals surface area contributed by atoms with Crippen LogP contribution in [0.25, 0.3) is 0 Å². The van der Waals surface area contributed by atoms with Gasteiger partial charge in [0.15, 0.2) is 0 Å². The molecule has 6 heteroatoms. The third-order valence-electron chi connectivity index (χ3n) is 2.44. The predicted octanol–water partition coefficient (Wildman–Crippen LogP) is 2.44. The Morgan fingerprint density at radius 3 is 2.68 bits per heavy atom. The Morgan fingerprint density at radius 1 is 1.32 bits per heavy atom. The molecule has 0 atom stereocenters. The fourth-order valence-corrected chi connectivity index (χ4v) is 1.48. The van der Waals surface area contributed by atoms with Gasteiger partial charge in [-0.25, -0.2) is 4.98 Å². The highest BCUT2D eigenvalue weighted by Gasteiger charge is 2.06. The third-order valence-corrected chi connectivity index (χ3v) is 2.44. The van der Waals surface area contributed by atoms with Crippen LogP contribution in [0.5, 0.6) is 5.75 Å². The van der Waals surface area contributed by atoms with Crippen molar-refractivity contribution < 1.29 is 9.66 Å². The van der Waals surface area contributed by atoms with Gasteiger partial charge in [-0.1, -0.05) is 6.07 Å². The molecule has 0 radical (unpaired) electrons. The van der Waals surface area contributed by atoms with Gasteiger partial charge in [0.05, 0.1) is 4.92 Å². The van der Waals surface area contributed by atoms with Gasteiger partial charge in [-0.15, -0.1) is 0 Å². The zero-order chi connectivity index (χ0) is 13.7. The molecule has 94 valence electrons. The number of ether oxygens (including phenoxy) is 1. The first-order valence-electron chi connectivity index (χ1n) is 5.42. The number of aromatic nitrogens is 1. The molecule has 0 amide bonds. The van der Waals surface area contributed by atoms with Crippen LogP contribution in [0, 0.1) is 21.4 Å². The van der Waals surface area contributed by atoms with E-state index in [9.17, 15) is 10.1 Å². The fraction of sp³-hybridized carbons (Fsp3) is 0.0769. The van der Waals surface area contributed by atoms with Crippen LogP contribution in [0.3, 0.4) is 0 Å². The number of non-ortho nitro benzene ring substituents is 1. The second kappa shape index (κ2) is 5.60. The molecule has 1 heterocycles. The highest BCUT2D eigenvalue weighted by Crippen LogP contribution is 2.18. The van der Waals surface area contributed by atoms with Gasteiger partial charge < -0.3 is 4.74 Å². The number of nitro groups is 1. The standard InChI is InChI=1S/C13H9N3O3/c14-8-13-10(2-1-7-15-13)9-19-12-5-3-11(4-6-12)16(17)18/h1-7H,9H2. The number of pyridine rings is 1. The molecule has 0 N–H and O–H groups in total. The number of nitro benzene ring substituents is 1. The van der Waals surface area contributed by atoms with Crippen LogP contribution in [-0.4, -0.2) is 9.91 Å². The van der Waals surface area contributed by atoms with Gasteiger partial charge in [-0.05, 0) is 18.2 Å². The largest absolute Gasteiger partial charge is 0.489 e. The Bertz CT molecular complexity index is 632. The first-order chi connectivity index (χ1) is 9.20. The maximum atomic E-state index is 10.5. The molecule has 0 unspecified atom stereocenters. The lowest BCUT2D eigenvalue weighted by Gasteiger charge is -2.06. The minimum absolute atomic E-state index is 0.00596. The SMILES string of the molecule is N#Cc1ncccc1COc1ccc([N+](=O)[O-])cc1. The summed E-state index contributed by atoms with van der Waals surface area (Å²) in [6.45, 7) is 0.189. The summed E-state index contributed by atoms with van der Waals surface area (Å²) >= 11 is 0. The van der Waals surface area contributed by atoms with Crippen molar-refractivity contribution in [2.24, 2.45) is 0 Å². The van der Waals surface area contributed by atoms with Gasteiger partial charge in [-0.3, -0.25) is 10.1 Å². The van der Waals surface area contributed by atoms with E-state index in [0.717, 1.165) is 0 Å². The van der Waals surface area contributed by atoms with E-state index in [-0.39, 0.29) is 12.3 Å². The molecule has 0 saturated carbocycles. The Hall–Kier alpha value is -2.94. The van der Waals surface area contributed by atoms with Crippen LogP contribution >= 0.6 is 0 Å². The Labute approximate surface area is 109 Å². The van der Waals surface area contributed by atoms with Gasteiger partial charge >= 0.3 is 0 Å². The molecule has 0 spiro atoms. The molecule has 19 heavy (non-hydrogen) atoms. The highest BCUT2D eigenvalue weighted by molar-refractivity contribution is 5.36. The van der Waals surface area contributed by atoms with E-state index in [2.05, 4.69) is 4.98 Å². The summed E-state index contributed by atoms with van der Waals surface area (Å²) in [7, 11) is 0. The molecule has 6 nitrogen and oxygen atoms in total. The highest BCUT2D eigenvalue weighted by atomic mass is 16.6. The number of hydrogen-bond acceptors (Lipinski definition) is 5. The normalized spacial score (nSPS) is 9.63. The zero-order valence-electron chi connectivity index (χ0n) is 9.81. The molecule has 0 fully saturated rings. The van der Waals surface area contributed by atoms with Crippen molar-refractivity contribution >= 4 is 5.69 Å². The van der Waals surface area contributed by atoms with Gasteiger partial charge in [0.1, 0.15) is 24.1 Å². The van der Waals surface area contributed by atoms with Gasteiger partial charge in [0.25, 0.3) is 5.69 Å². The number of hydrogen-bond donors (Lipinski definition) is 0. The van der Waals surface area contributed by atoms with E-state index in [1.807, 2.05) is 6.07 Å². The topological polar surface area (TPSA) is 89.0 Å². The number of rotatable bonds is 4. The molecule has 0 aliphatic heterocycles. The quantitative estimate of drug-likeness (QED) is 0.618. The summed E-state index contributed by atoms with van der Waals surface area (Å²) in [6.07, 6.45) is 1.54. The van der Waals surface area contributed by atoms with Crippen molar-refractivity contribution in [2.75, 3.05) is 0 Å². The monoisotopic (exact) mass is 255 g/mol. The van der Waals surface area contributed by atoms with Crippen LogP contribution in [0.1, 0.15) is 11.3 Å². The Balaban J connectivity index is 2.06. The van der Waals surface area contributed by atoms with E-state index in [1.165, 1.54) is 30.5 Å². The molecule has 2 rings (SSSR count). The molecular formula is C13H9N3O3. The number of benzene rings is 1. The van der Waals surface area contributed by atoms with E-state index in [4.69, 9.17) is 10.00 Å². The molecule has 0 aliphatic rings. The molecular weight excluding hydrogens is 246 g/mol. The summed E-state index contributed by atoms with van der Waals surface area (Å²) in [4.78, 5) is 13.9. The molecule has 2 aromatic rings. The summed E-state index contributed by atoms with van der Waals surface area (Å²) in [5, 5.41) is 19.4. The maximum absolute atomic E-state index is 10.5. The number of nitriles is 1. The Kier molecular flexibility index (Phi) is 3.69. The van der Waals surface area contributed by atoms with Crippen LogP contribution in [-0.2, 0) is 6.61 Å². The van der Waals surface area contributed by atoms with Crippen molar-refractivity contribution in [3.8, 4) is 11.8 Å². The minimum atomic E-state index is -0.474. The lowest BCUT2D eigenvalue weighted by molar-refractivity contribution is -0.384. The predicted molar refractivity (Wildman–Crippen MR) is 66.4 cm³/mol. The lowest BCUT2D eigenvalue weighted by atomic mass is 10.2. The molecule has 0 bridgehead atoms. The molecule has 1 aromatic carbocycles.